The molecule has 0 spiro atoms. The van der Waals surface area contributed by atoms with Crippen LogP contribution in [0.5, 0.6) is 5.75 Å². The molecule has 2 rings (SSSR count). The van der Waals surface area contributed by atoms with Crippen molar-refractivity contribution < 1.29 is 4.74 Å². The summed E-state index contributed by atoms with van der Waals surface area (Å²) in [7, 11) is 1.71. The Morgan fingerprint density at radius 2 is 2.11 bits per heavy atom. The average molecular weight is 256 g/mol. The van der Waals surface area contributed by atoms with Crippen LogP contribution in [0.3, 0.4) is 0 Å². The normalized spacial score (nSPS) is 22.3. The number of rotatable bonds is 3. The van der Waals surface area contributed by atoms with Crippen molar-refractivity contribution in [2.24, 2.45) is 11.3 Å². The lowest BCUT2D eigenvalue weighted by Crippen LogP contribution is -2.26. The van der Waals surface area contributed by atoms with Gasteiger partial charge >= 0.3 is 0 Å². The topological polar surface area (TPSA) is 9.23 Å². The Morgan fingerprint density at radius 1 is 1.32 bits per heavy atom. The molecule has 0 saturated carbocycles. The van der Waals surface area contributed by atoms with Crippen molar-refractivity contribution in [3.63, 3.8) is 0 Å². The quantitative estimate of drug-likeness (QED) is 0.684. The van der Waals surface area contributed by atoms with Gasteiger partial charge in [-0.05, 0) is 42.9 Å². The summed E-state index contributed by atoms with van der Waals surface area (Å²) < 4.78 is 5.26. The predicted octanol–water partition coefficient (Wildman–Crippen LogP) is 5.09. The zero-order chi connectivity index (χ0) is 13.9. The third-order valence-electron chi connectivity index (χ3n) is 4.16. The van der Waals surface area contributed by atoms with Gasteiger partial charge in [-0.3, -0.25) is 0 Å². The van der Waals surface area contributed by atoms with Crippen LogP contribution in [0.15, 0.2) is 42.0 Å². The minimum atomic E-state index is 0.355. The van der Waals surface area contributed by atoms with Gasteiger partial charge in [0, 0.05) is 5.92 Å². The molecule has 0 radical (unpaired) electrons. The maximum atomic E-state index is 5.26. The summed E-state index contributed by atoms with van der Waals surface area (Å²) in [6, 6.07) is 8.21. The summed E-state index contributed by atoms with van der Waals surface area (Å²) >= 11 is 0. The zero-order valence-corrected chi connectivity index (χ0v) is 12.4. The van der Waals surface area contributed by atoms with Crippen LogP contribution >= 0.6 is 0 Å². The van der Waals surface area contributed by atoms with E-state index in [4.69, 9.17) is 4.74 Å². The third-order valence-corrected chi connectivity index (χ3v) is 4.16. The molecule has 1 aliphatic carbocycles. The van der Waals surface area contributed by atoms with Gasteiger partial charge in [0.1, 0.15) is 5.75 Å². The number of hydrogen-bond donors (Lipinski definition) is 0. The number of ether oxygens (including phenoxy) is 1. The molecular weight excluding hydrogens is 232 g/mol. The summed E-state index contributed by atoms with van der Waals surface area (Å²) in [5, 5.41) is 0. The van der Waals surface area contributed by atoms with Crippen LogP contribution in [0.1, 0.15) is 39.2 Å². The molecule has 1 heteroatoms. The summed E-state index contributed by atoms with van der Waals surface area (Å²) in [6.45, 7) is 6.98. The average Bonchev–Trinajstić information content (AvgIpc) is 2.37. The minimum Gasteiger partial charge on any atom is -0.497 e. The van der Waals surface area contributed by atoms with E-state index in [1.807, 2.05) is 12.1 Å². The number of hydrogen-bond acceptors (Lipinski definition) is 1. The Hall–Kier alpha value is -1.50. The number of benzene rings is 1. The first-order valence-electron chi connectivity index (χ1n) is 7.02. The maximum Gasteiger partial charge on any atom is 0.119 e. The molecule has 0 N–H and O–H groups in total. The summed E-state index contributed by atoms with van der Waals surface area (Å²) in [4.78, 5) is 0. The first-order valence-corrected chi connectivity index (χ1v) is 7.02. The molecule has 0 saturated heterocycles. The van der Waals surface area contributed by atoms with E-state index in [2.05, 4.69) is 51.1 Å². The van der Waals surface area contributed by atoms with Gasteiger partial charge in [-0.1, -0.05) is 49.8 Å². The minimum absolute atomic E-state index is 0.355. The summed E-state index contributed by atoms with van der Waals surface area (Å²) in [5.74, 6) is 1.45. The van der Waals surface area contributed by atoms with E-state index in [-0.39, 0.29) is 0 Å². The Bertz CT molecular complexity index is 494. The first kappa shape index (κ1) is 13.9. The van der Waals surface area contributed by atoms with Gasteiger partial charge in [-0.25, -0.2) is 0 Å². The molecule has 0 fully saturated rings. The summed E-state index contributed by atoms with van der Waals surface area (Å²) in [6.07, 6.45) is 9.42. The van der Waals surface area contributed by atoms with Crippen LogP contribution in [-0.4, -0.2) is 7.11 Å². The SMILES string of the molecule is COc1cccc(C=CC2C(C)=CCCC2(C)C)c1. The van der Waals surface area contributed by atoms with Crippen LogP contribution in [-0.2, 0) is 0 Å². The van der Waals surface area contributed by atoms with Crippen LogP contribution in [0.2, 0.25) is 0 Å². The summed E-state index contributed by atoms with van der Waals surface area (Å²) in [5.41, 5.74) is 3.05. The fraction of sp³-hybridized carbons (Fsp3) is 0.444. The Balaban J connectivity index is 2.21. The molecule has 1 nitrogen and oxygen atoms in total. The standard InChI is InChI=1S/C18H24O/c1-14-7-6-12-18(2,3)17(14)11-10-15-8-5-9-16(13-15)19-4/h5,7-11,13,17H,6,12H2,1-4H3. The van der Waals surface area contributed by atoms with E-state index < -0.39 is 0 Å². The van der Waals surface area contributed by atoms with Gasteiger partial charge in [0.2, 0.25) is 0 Å². The van der Waals surface area contributed by atoms with Gasteiger partial charge in [-0.2, -0.15) is 0 Å². The van der Waals surface area contributed by atoms with Gasteiger partial charge in [-0.15, -0.1) is 0 Å². The molecule has 19 heavy (non-hydrogen) atoms. The largest absolute Gasteiger partial charge is 0.497 e. The van der Waals surface area contributed by atoms with Crippen molar-refractivity contribution in [3.8, 4) is 5.75 Å². The molecule has 0 bridgehead atoms. The molecule has 1 unspecified atom stereocenters. The lowest BCUT2D eigenvalue weighted by molar-refractivity contribution is 0.256. The van der Waals surface area contributed by atoms with Crippen molar-refractivity contribution >= 4 is 6.08 Å². The first-order chi connectivity index (χ1) is 9.03. The molecular formula is C18H24O. The molecule has 0 aromatic heterocycles. The second kappa shape index (κ2) is 5.64. The Kier molecular flexibility index (Phi) is 4.14. The molecule has 1 aromatic rings. The molecule has 0 amide bonds. The van der Waals surface area contributed by atoms with E-state index in [0.717, 1.165) is 5.75 Å². The lowest BCUT2D eigenvalue weighted by atomic mass is 9.68. The fourth-order valence-corrected chi connectivity index (χ4v) is 2.94. The van der Waals surface area contributed by atoms with E-state index >= 15 is 0 Å². The molecule has 1 atom stereocenters. The van der Waals surface area contributed by atoms with Crippen molar-refractivity contribution in [1.82, 2.24) is 0 Å². The van der Waals surface area contributed by atoms with Crippen molar-refractivity contribution in [2.75, 3.05) is 7.11 Å². The van der Waals surface area contributed by atoms with E-state index in [1.54, 1.807) is 7.11 Å². The van der Waals surface area contributed by atoms with Crippen LogP contribution in [0.4, 0.5) is 0 Å². The Labute approximate surface area is 117 Å². The van der Waals surface area contributed by atoms with Crippen LogP contribution in [0.25, 0.3) is 6.08 Å². The Morgan fingerprint density at radius 3 is 2.79 bits per heavy atom. The molecule has 1 aliphatic rings. The molecule has 0 aliphatic heterocycles. The molecule has 0 heterocycles. The highest BCUT2D eigenvalue weighted by molar-refractivity contribution is 5.53. The van der Waals surface area contributed by atoms with E-state index in [1.165, 1.54) is 24.0 Å². The second-order valence-corrected chi connectivity index (χ2v) is 6.09. The highest BCUT2D eigenvalue weighted by Gasteiger charge is 2.30. The molecule has 1 aromatic carbocycles. The van der Waals surface area contributed by atoms with Crippen molar-refractivity contribution in [3.05, 3.63) is 47.6 Å². The second-order valence-electron chi connectivity index (χ2n) is 6.09. The van der Waals surface area contributed by atoms with E-state index in [0.29, 0.717) is 11.3 Å². The maximum absolute atomic E-state index is 5.26. The van der Waals surface area contributed by atoms with Crippen molar-refractivity contribution in [2.45, 2.75) is 33.6 Å². The van der Waals surface area contributed by atoms with Gasteiger partial charge < -0.3 is 4.74 Å². The van der Waals surface area contributed by atoms with Crippen molar-refractivity contribution in [1.29, 1.82) is 0 Å². The fourth-order valence-electron chi connectivity index (χ4n) is 2.94. The smallest absolute Gasteiger partial charge is 0.119 e. The van der Waals surface area contributed by atoms with Gasteiger partial charge in [0.05, 0.1) is 7.11 Å². The number of allylic oxidation sites excluding steroid dienone is 3. The lowest BCUT2D eigenvalue weighted by Gasteiger charge is -2.36. The zero-order valence-electron chi connectivity index (χ0n) is 12.4. The predicted molar refractivity (Wildman–Crippen MR) is 82.3 cm³/mol. The third kappa shape index (κ3) is 3.28. The van der Waals surface area contributed by atoms with E-state index in [9.17, 15) is 0 Å². The molecule has 102 valence electrons. The van der Waals surface area contributed by atoms with Gasteiger partial charge in [0.25, 0.3) is 0 Å². The van der Waals surface area contributed by atoms with Crippen LogP contribution < -0.4 is 4.74 Å². The van der Waals surface area contributed by atoms with Gasteiger partial charge in [0.15, 0.2) is 0 Å². The number of methoxy groups -OCH3 is 1. The monoisotopic (exact) mass is 256 g/mol. The van der Waals surface area contributed by atoms with Crippen LogP contribution in [0, 0.1) is 11.3 Å². The highest BCUT2D eigenvalue weighted by atomic mass is 16.5. The highest BCUT2D eigenvalue weighted by Crippen LogP contribution is 2.41.